The first kappa shape index (κ1) is 25.5. The Morgan fingerprint density at radius 3 is 2.22 bits per heavy atom. The molecule has 1 heterocycles. The van der Waals surface area contributed by atoms with Gasteiger partial charge in [0.25, 0.3) is 0 Å². The fraction of sp³-hybridized carbons (Fsp3) is 0.391. The van der Waals surface area contributed by atoms with E-state index in [0.717, 1.165) is 18.2 Å². The van der Waals surface area contributed by atoms with Gasteiger partial charge in [0, 0.05) is 12.0 Å². The molecule has 4 rings (SSSR count). The molecule has 6 atom stereocenters. The highest BCUT2D eigenvalue weighted by Gasteiger charge is 2.46. The summed E-state index contributed by atoms with van der Waals surface area (Å²) in [6.07, 6.45) is -9.29. The summed E-state index contributed by atoms with van der Waals surface area (Å²) < 4.78 is 16.3. The predicted octanol–water partition coefficient (Wildman–Crippen LogP) is -0.0866. The third kappa shape index (κ3) is 4.62. The number of esters is 1. The second-order valence-electron chi connectivity index (χ2n) is 8.46. The third-order valence-electron chi connectivity index (χ3n) is 6.09. The van der Waals surface area contributed by atoms with Gasteiger partial charge in [0.05, 0.1) is 17.2 Å². The van der Waals surface area contributed by atoms with Crippen molar-refractivity contribution in [1.29, 1.82) is 0 Å². The van der Waals surface area contributed by atoms with Crippen LogP contribution in [0, 0.1) is 0 Å². The Labute approximate surface area is 203 Å². The smallest absolute Gasteiger partial charge is 0.338 e. The second-order valence-corrected chi connectivity index (χ2v) is 8.46. The summed E-state index contributed by atoms with van der Waals surface area (Å²) in [5.74, 6) is -4.58. The zero-order valence-electron chi connectivity index (χ0n) is 18.5. The first-order valence-electron chi connectivity index (χ1n) is 10.8. The van der Waals surface area contributed by atoms with Gasteiger partial charge < -0.3 is 55.1 Å². The van der Waals surface area contributed by atoms with Gasteiger partial charge in [-0.15, -0.1) is 0 Å². The third-order valence-corrected chi connectivity index (χ3v) is 6.09. The van der Waals surface area contributed by atoms with Crippen LogP contribution in [-0.2, 0) is 14.2 Å². The number of rotatable bonds is 5. The highest BCUT2D eigenvalue weighted by Crippen LogP contribution is 2.43. The number of ketones is 1. The molecule has 1 unspecified atom stereocenters. The number of Topliss-reactive ketones (excluding diaryl/α,β-unsaturated/α-hetero) is 1. The van der Waals surface area contributed by atoms with Crippen molar-refractivity contribution in [1.82, 2.24) is 0 Å². The number of carbonyl (C=O) groups is 2. The number of fused-ring (bicyclic) bond motifs is 1. The van der Waals surface area contributed by atoms with Crippen molar-refractivity contribution in [2.75, 3.05) is 6.61 Å². The fourth-order valence-corrected chi connectivity index (χ4v) is 4.18. The number of benzene rings is 2. The van der Waals surface area contributed by atoms with Crippen LogP contribution in [0.1, 0.15) is 45.2 Å². The summed E-state index contributed by atoms with van der Waals surface area (Å²) in [5, 5.41) is 79.8. The van der Waals surface area contributed by atoms with Gasteiger partial charge in [-0.25, -0.2) is 4.79 Å². The Bertz CT molecular complexity index is 1160. The standard InChI is InChI=1S/C23H24O13/c24-9-1-2-11(26)17-14(4-3-10(25)16(9)17)35-23-21(32)20(31)19(30)15(36-23)7-34-22(33)8-5-12(27)18(29)13(28)6-8/h1-2,5-6,14-15,19-21,23-24,26-32H,3-4,7H2/t14?,15-,19-,20+,21-,23-/m1/s1. The molecule has 36 heavy (non-hydrogen) atoms. The van der Waals surface area contributed by atoms with E-state index in [1.165, 1.54) is 6.07 Å². The van der Waals surface area contributed by atoms with Crippen LogP contribution in [0.4, 0.5) is 0 Å². The van der Waals surface area contributed by atoms with E-state index in [1.54, 1.807) is 0 Å². The lowest BCUT2D eigenvalue weighted by Crippen LogP contribution is -2.59. The van der Waals surface area contributed by atoms with E-state index < -0.39 is 72.4 Å². The number of hydrogen-bond acceptors (Lipinski definition) is 13. The highest BCUT2D eigenvalue weighted by molar-refractivity contribution is 6.01. The van der Waals surface area contributed by atoms with Crippen LogP contribution in [0.5, 0.6) is 28.7 Å². The molecule has 1 saturated heterocycles. The average Bonchev–Trinajstić information content (AvgIpc) is 2.84. The first-order valence-corrected chi connectivity index (χ1v) is 10.8. The molecule has 0 aromatic heterocycles. The molecule has 13 heteroatoms. The van der Waals surface area contributed by atoms with E-state index in [2.05, 4.69) is 0 Å². The minimum absolute atomic E-state index is 0.0161. The number of hydrogen-bond donors (Lipinski definition) is 8. The van der Waals surface area contributed by atoms with Gasteiger partial charge in [0.2, 0.25) is 0 Å². The molecular weight excluding hydrogens is 484 g/mol. The quantitative estimate of drug-likeness (QED) is 0.150. The van der Waals surface area contributed by atoms with Gasteiger partial charge >= 0.3 is 5.97 Å². The number of aliphatic hydroxyl groups excluding tert-OH is 3. The minimum atomic E-state index is -1.79. The molecule has 0 bridgehead atoms. The van der Waals surface area contributed by atoms with Crippen molar-refractivity contribution >= 4 is 11.8 Å². The van der Waals surface area contributed by atoms with Crippen molar-refractivity contribution in [3.63, 3.8) is 0 Å². The van der Waals surface area contributed by atoms with Crippen LogP contribution < -0.4 is 0 Å². The van der Waals surface area contributed by atoms with Crippen molar-refractivity contribution in [2.24, 2.45) is 0 Å². The number of phenolic OH excluding ortho intramolecular Hbond substituents is 5. The van der Waals surface area contributed by atoms with Gasteiger partial charge in [0.1, 0.15) is 42.5 Å². The van der Waals surface area contributed by atoms with Crippen LogP contribution in [0.3, 0.4) is 0 Å². The van der Waals surface area contributed by atoms with Gasteiger partial charge in [-0.1, -0.05) is 0 Å². The van der Waals surface area contributed by atoms with Crippen molar-refractivity contribution < 1.29 is 64.7 Å². The molecule has 0 saturated carbocycles. The van der Waals surface area contributed by atoms with Crippen LogP contribution in [0.25, 0.3) is 0 Å². The van der Waals surface area contributed by atoms with Gasteiger partial charge in [-0.3, -0.25) is 4.79 Å². The minimum Gasteiger partial charge on any atom is -0.508 e. The van der Waals surface area contributed by atoms with E-state index in [-0.39, 0.29) is 41.0 Å². The SMILES string of the molecule is O=C(OC[C@H]1O[C@@H](OC2CCC(=O)c3c(O)ccc(O)c32)[C@H](O)[C@@H](O)[C@@H]1O)c1cc(O)c(O)c(O)c1. The number of aliphatic hydroxyl groups is 3. The summed E-state index contributed by atoms with van der Waals surface area (Å²) in [4.78, 5) is 24.6. The average molecular weight is 508 g/mol. The van der Waals surface area contributed by atoms with Gasteiger partial charge in [-0.2, -0.15) is 0 Å². The van der Waals surface area contributed by atoms with Crippen LogP contribution in [-0.4, -0.2) is 89.9 Å². The molecule has 0 radical (unpaired) electrons. The molecule has 1 aliphatic carbocycles. The molecule has 1 aliphatic heterocycles. The number of ether oxygens (including phenoxy) is 3. The van der Waals surface area contributed by atoms with E-state index in [1.807, 2.05) is 0 Å². The van der Waals surface area contributed by atoms with Crippen molar-refractivity contribution in [3.05, 3.63) is 41.0 Å². The van der Waals surface area contributed by atoms with E-state index in [4.69, 9.17) is 14.2 Å². The lowest BCUT2D eigenvalue weighted by atomic mass is 9.87. The van der Waals surface area contributed by atoms with Gasteiger partial charge in [-0.05, 0) is 30.7 Å². The molecule has 194 valence electrons. The maximum absolute atomic E-state index is 12.3. The maximum atomic E-state index is 12.3. The van der Waals surface area contributed by atoms with E-state index in [0.29, 0.717) is 0 Å². The number of carbonyl (C=O) groups excluding carboxylic acids is 2. The van der Waals surface area contributed by atoms with Gasteiger partial charge in [0.15, 0.2) is 29.3 Å². The Morgan fingerprint density at radius 2 is 1.56 bits per heavy atom. The van der Waals surface area contributed by atoms with E-state index >= 15 is 0 Å². The summed E-state index contributed by atoms with van der Waals surface area (Å²) in [7, 11) is 0. The Balaban J connectivity index is 1.49. The van der Waals surface area contributed by atoms with Crippen LogP contribution >= 0.6 is 0 Å². The van der Waals surface area contributed by atoms with Crippen molar-refractivity contribution in [2.45, 2.75) is 49.7 Å². The summed E-state index contributed by atoms with van der Waals surface area (Å²) in [6.45, 7) is -0.655. The molecule has 8 N–H and O–H groups in total. The first-order chi connectivity index (χ1) is 17.0. The molecular formula is C23H24O13. The molecule has 2 aromatic carbocycles. The monoisotopic (exact) mass is 508 g/mol. The van der Waals surface area contributed by atoms with Crippen LogP contribution in [0.2, 0.25) is 0 Å². The lowest BCUT2D eigenvalue weighted by molar-refractivity contribution is -0.312. The molecule has 1 fully saturated rings. The summed E-state index contributed by atoms with van der Waals surface area (Å²) in [5.41, 5.74) is -0.485. The number of aromatic hydroxyl groups is 5. The Morgan fingerprint density at radius 1 is 0.917 bits per heavy atom. The van der Waals surface area contributed by atoms with Crippen LogP contribution in [0.15, 0.2) is 24.3 Å². The zero-order valence-corrected chi connectivity index (χ0v) is 18.5. The molecule has 0 amide bonds. The zero-order chi connectivity index (χ0) is 26.3. The molecule has 13 nitrogen and oxygen atoms in total. The maximum Gasteiger partial charge on any atom is 0.338 e. The fourth-order valence-electron chi connectivity index (χ4n) is 4.18. The number of phenols is 5. The molecule has 2 aliphatic rings. The normalized spacial score (nSPS) is 27.9. The highest BCUT2D eigenvalue weighted by atomic mass is 16.7. The largest absolute Gasteiger partial charge is 0.508 e. The van der Waals surface area contributed by atoms with E-state index in [9.17, 15) is 50.4 Å². The topological polar surface area (TPSA) is 224 Å². The predicted molar refractivity (Wildman–Crippen MR) is 116 cm³/mol. The second kappa shape index (κ2) is 9.79. The Kier molecular flexibility index (Phi) is 6.93. The summed E-state index contributed by atoms with van der Waals surface area (Å²) >= 11 is 0. The summed E-state index contributed by atoms with van der Waals surface area (Å²) in [6, 6.07) is 3.99. The van der Waals surface area contributed by atoms with Crippen molar-refractivity contribution in [3.8, 4) is 28.7 Å². The Hall–Kier alpha value is -3.62. The lowest BCUT2D eigenvalue weighted by Gasteiger charge is -2.41. The molecule has 0 spiro atoms. The molecule has 2 aromatic rings.